The summed E-state index contributed by atoms with van der Waals surface area (Å²) in [6, 6.07) is 10.4. The summed E-state index contributed by atoms with van der Waals surface area (Å²) in [4.78, 5) is 45.5. The third kappa shape index (κ3) is 3.06. The van der Waals surface area contributed by atoms with Gasteiger partial charge in [-0.1, -0.05) is 12.1 Å². The molecule has 28 heavy (non-hydrogen) atoms. The van der Waals surface area contributed by atoms with Gasteiger partial charge in [0.1, 0.15) is 0 Å². The molecule has 1 saturated heterocycles. The first kappa shape index (κ1) is 18.0. The summed E-state index contributed by atoms with van der Waals surface area (Å²) in [5, 5.41) is 0.507. The number of fused-ring (bicyclic) bond motifs is 2. The van der Waals surface area contributed by atoms with Crippen molar-refractivity contribution in [2.24, 2.45) is 0 Å². The van der Waals surface area contributed by atoms with Crippen LogP contribution in [0.25, 0.3) is 16.6 Å². The van der Waals surface area contributed by atoms with Crippen molar-refractivity contribution >= 4 is 28.6 Å². The maximum Gasteiger partial charge on any atom is 0.409 e. The van der Waals surface area contributed by atoms with Gasteiger partial charge in [0, 0.05) is 32.4 Å². The van der Waals surface area contributed by atoms with E-state index in [1.165, 1.54) is 4.40 Å². The maximum atomic E-state index is 13.1. The lowest BCUT2D eigenvalue weighted by Gasteiger charge is -2.34. The van der Waals surface area contributed by atoms with Crippen molar-refractivity contribution in [1.29, 1.82) is 0 Å². The zero-order chi connectivity index (χ0) is 19.7. The van der Waals surface area contributed by atoms with Crippen LogP contribution in [0.5, 0.6) is 0 Å². The van der Waals surface area contributed by atoms with Crippen LogP contribution in [0.1, 0.15) is 17.3 Å². The van der Waals surface area contributed by atoms with Crippen molar-refractivity contribution < 1.29 is 14.3 Å². The summed E-state index contributed by atoms with van der Waals surface area (Å²) in [5.41, 5.74) is 1.06. The molecule has 8 nitrogen and oxygen atoms in total. The van der Waals surface area contributed by atoms with Gasteiger partial charge in [0.25, 0.3) is 11.5 Å². The number of hydrogen-bond donors (Lipinski definition) is 0. The predicted octanol–water partition coefficient (Wildman–Crippen LogP) is 1.76. The molecule has 3 aromatic rings. The molecule has 1 aromatic carbocycles. The monoisotopic (exact) mass is 380 g/mol. The average Bonchev–Trinajstić information content (AvgIpc) is 2.73. The molecular weight excluding hydrogens is 360 g/mol. The third-order valence-electron chi connectivity index (χ3n) is 4.87. The summed E-state index contributed by atoms with van der Waals surface area (Å²) < 4.78 is 6.42. The lowest BCUT2D eigenvalue weighted by Crippen LogP contribution is -2.50. The highest BCUT2D eigenvalue weighted by molar-refractivity contribution is 6.00. The number of piperazine rings is 1. The number of rotatable bonds is 2. The Morgan fingerprint density at radius 3 is 2.50 bits per heavy atom. The van der Waals surface area contributed by atoms with Gasteiger partial charge in [0.15, 0.2) is 5.65 Å². The van der Waals surface area contributed by atoms with Gasteiger partial charge in [0.05, 0.1) is 23.1 Å². The van der Waals surface area contributed by atoms with E-state index < -0.39 is 0 Å². The maximum absolute atomic E-state index is 13.1. The minimum Gasteiger partial charge on any atom is -0.450 e. The lowest BCUT2D eigenvalue weighted by atomic mass is 10.2. The van der Waals surface area contributed by atoms with Crippen LogP contribution >= 0.6 is 0 Å². The van der Waals surface area contributed by atoms with E-state index in [9.17, 15) is 14.4 Å². The van der Waals surface area contributed by atoms with Gasteiger partial charge in [-0.2, -0.15) is 0 Å². The highest BCUT2D eigenvalue weighted by Gasteiger charge is 2.27. The van der Waals surface area contributed by atoms with E-state index in [-0.39, 0.29) is 17.6 Å². The molecule has 1 fully saturated rings. The SMILES string of the molecule is CCOC(=O)N1CCN(C(=O)c2cccn3c(=O)c4ccccc4nc23)CC1. The molecule has 0 N–H and O–H groups in total. The average molecular weight is 380 g/mol. The quantitative estimate of drug-likeness (QED) is 0.633. The molecule has 0 aliphatic carbocycles. The van der Waals surface area contributed by atoms with Gasteiger partial charge in [-0.3, -0.25) is 14.0 Å². The minimum absolute atomic E-state index is 0.205. The number of aromatic nitrogens is 2. The number of para-hydroxylation sites is 1. The van der Waals surface area contributed by atoms with E-state index in [1.54, 1.807) is 53.3 Å². The summed E-state index contributed by atoms with van der Waals surface area (Å²) in [7, 11) is 0. The molecule has 4 rings (SSSR count). The second kappa shape index (κ2) is 7.30. The van der Waals surface area contributed by atoms with E-state index in [2.05, 4.69) is 4.98 Å². The molecule has 2 amide bonds. The molecule has 1 aliphatic rings. The van der Waals surface area contributed by atoms with Crippen LogP contribution in [0, 0.1) is 0 Å². The number of benzene rings is 1. The molecule has 1 aliphatic heterocycles. The third-order valence-corrected chi connectivity index (χ3v) is 4.87. The van der Waals surface area contributed by atoms with Gasteiger partial charge >= 0.3 is 6.09 Å². The van der Waals surface area contributed by atoms with E-state index >= 15 is 0 Å². The molecule has 144 valence electrons. The van der Waals surface area contributed by atoms with Crippen molar-refractivity contribution in [3.05, 3.63) is 58.5 Å². The zero-order valence-electron chi connectivity index (χ0n) is 15.5. The van der Waals surface area contributed by atoms with Crippen LogP contribution in [0.2, 0.25) is 0 Å². The minimum atomic E-state index is -0.362. The lowest BCUT2D eigenvalue weighted by molar-refractivity contribution is 0.0571. The van der Waals surface area contributed by atoms with Crippen LogP contribution in [-0.2, 0) is 4.74 Å². The highest BCUT2D eigenvalue weighted by Crippen LogP contribution is 2.16. The van der Waals surface area contributed by atoms with Crippen molar-refractivity contribution in [2.45, 2.75) is 6.92 Å². The Kier molecular flexibility index (Phi) is 4.68. The number of amides is 2. The normalized spacial score (nSPS) is 14.5. The zero-order valence-corrected chi connectivity index (χ0v) is 15.5. The van der Waals surface area contributed by atoms with Crippen molar-refractivity contribution in [3.8, 4) is 0 Å². The number of nitrogens with zero attached hydrogens (tertiary/aromatic N) is 4. The Morgan fingerprint density at radius 2 is 1.75 bits per heavy atom. The largest absolute Gasteiger partial charge is 0.450 e. The van der Waals surface area contributed by atoms with E-state index in [0.717, 1.165) is 0 Å². The molecule has 0 spiro atoms. The Labute approximate surface area is 160 Å². The van der Waals surface area contributed by atoms with Crippen LogP contribution in [0.15, 0.2) is 47.4 Å². The fourth-order valence-corrected chi connectivity index (χ4v) is 3.42. The fraction of sp³-hybridized carbons (Fsp3) is 0.300. The van der Waals surface area contributed by atoms with E-state index in [4.69, 9.17) is 4.74 Å². The topological polar surface area (TPSA) is 84.2 Å². The van der Waals surface area contributed by atoms with Crippen LogP contribution in [0.4, 0.5) is 4.79 Å². The van der Waals surface area contributed by atoms with Crippen molar-refractivity contribution in [3.63, 3.8) is 0 Å². The molecule has 2 aromatic heterocycles. The number of pyridine rings is 1. The van der Waals surface area contributed by atoms with Crippen LogP contribution in [-0.4, -0.2) is 64.0 Å². The summed E-state index contributed by atoms with van der Waals surface area (Å²) >= 11 is 0. The molecule has 8 heteroatoms. The summed E-state index contributed by atoms with van der Waals surface area (Å²) in [6.07, 6.45) is 1.26. The summed E-state index contributed by atoms with van der Waals surface area (Å²) in [5.74, 6) is -0.205. The second-order valence-electron chi connectivity index (χ2n) is 6.53. The van der Waals surface area contributed by atoms with E-state index in [0.29, 0.717) is 54.9 Å². The Balaban J connectivity index is 1.65. The molecular formula is C20H20N4O4. The fourth-order valence-electron chi connectivity index (χ4n) is 3.42. The molecule has 0 saturated carbocycles. The first-order chi connectivity index (χ1) is 13.6. The van der Waals surface area contributed by atoms with Crippen molar-refractivity contribution in [2.75, 3.05) is 32.8 Å². The van der Waals surface area contributed by atoms with Gasteiger partial charge in [-0.15, -0.1) is 0 Å². The van der Waals surface area contributed by atoms with E-state index in [1.807, 2.05) is 6.07 Å². The molecule has 0 atom stereocenters. The number of hydrogen-bond acceptors (Lipinski definition) is 5. The number of carbonyl (C=O) groups is 2. The summed E-state index contributed by atoms with van der Waals surface area (Å²) in [6.45, 7) is 3.70. The molecule has 0 unspecified atom stereocenters. The van der Waals surface area contributed by atoms with Gasteiger partial charge in [-0.05, 0) is 31.2 Å². The first-order valence-electron chi connectivity index (χ1n) is 9.21. The van der Waals surface area contributed by atoms with Crippen LogP contribution in [0.3, 0.4) is 0 Å². The smallest absolute Gasteiger partial charge is 0.409 e. The number of ether oxygens (including phenoxy) is 1. The second-order valence-corrected chi connectivity index (χ2v) is 6.53. The van der Waals surface area contributed by atoms with Crippen molar-refractivity contribution in [1.82, 2.24) is 19.2 Å². The van der Waals surface area contributed by atoms with Gasteiger partial charge in [0.2, 0.25) is 0 Å². The molecule has 0 radical (unpaired) electrons. The Hall–Kier alpha value is -3.42. The first-order valence-corrected chi connectivity index (χ1v) is 9.21. The Morgan fingerprint density at radius 1 is 1.04 bits per heavy atom. The van der Waals surface area contributed by atoms with Gasteiger partial charge in [-0.25, -0.2) is 9.78 Å². The predicted molar refractivity (Wildman–Crippen MR) is 103 cm³/mol. The molecule has 3 heterocycles. The Bertz CT molecular complexity index is 1120. The standard InChI is InChI=1S/C20H20N4O4/c1-2-28-20(27)23-12-10-22(11-13-23)18(25)15-7-5-9-24-17(15)21-16-8-4-3-6-14(16)19(24)26/h3-9H,2,10-13H2,1H3. The van der Waals surface area contributed by atoms with Gasteiger partial charge < -0.3 is 14.5 Å². The highest BCUT2D eigenvalue weighted by atomic mass is 16.6. The van der Waals surface area contributed by atoms with Crippen LogP contribution < -0.4 is 5.56 Å². The molecule has 0 bridgehead atoms. The number of carbonyl (C=O) groups excluding carboxylic acids is 2.